The molecule has 0 saturated carbocycles. The maximum atomic E-state index is 13.8. The lowest BCUT2D eigenvalue weighted by Gasteiger charge is -2.18. The van der Waals surface area contributed by atoms with Gasteiger partial charge in [0.1, 0.15) is 10.8 Å². The topological polar surface area (TPSA) is 97.8 Å². The number of pyridine rings is 1. The minimum absolute atomic E-state index is 0.168. The number of esters is 1. The summed E-state index contributed by atoms with van der Waals surface area (Å²) in [5.41, 5.74) is 3.19. The normalized spacial score (nSPS) is 10.8. The van der Waals surface area contributed by atoms with Crippen LogP contribution in [0.3, 0.4) is 0 Å². The van der Waals surface area contributed by atoms with Crippen LogP contribution < -0.4 is 10.1 Å². The predicted molar refractivity (Wildman–Crippen MR) is 159 cm³/mol. The molecule has 0 fully saturated rings. The molecular formula is C31H33N3O5S. The van der Waals surface area contributed by atoms with Gasteiger partial charge >= 0.3 is 5.97 Å². The zero-order valence-electron chi connectivity index (χ0n) is 23.4. The molecule has 4 aromatic rings. The van der Waals surface area contributed by atoms with Gasteiger partial charge in [0, 0.05) is 24.0 Å². The molecule has 40 heavy (non-hydrogen) atoms. The summed E-state index contributed by atoms with van der Waals surface area (Å²) in [6.45, 7) is 10.9. The molecule has 0 spiro atoms. The average molecular weight is 560 g/mol. The van der Waals surface area contributed by atoms with Crippen molar-refractivity contribution in [2.24, 2.45) is 0 Å². The molecule has 0 bridgehead atoms. The molecule has 0 aliphatic heterocycles. The Kier molecular flexibility index (Phi) is 9.16. The quantitative estimate of drug-likeness (QED) is 0.220. The van der Waals surface area contributed by atoms with Crippen LogP contribution in [-0.2, 0) is 4.74 Å². The van der Waals surface area contributed by atoms with E-state index in [1.165, 1.54) is 0 Å². The van der Waals surface area contributed by atoms with Crippen molar-refractivity contribution in [3.63, 3.8) is 0 Å². The highest BCUT2D eigenvalue weighted by atomic mass is 32.1. The van der Waals surface area contributed by atoms with Gasteiger partial charge in [-0.15, -0.1) is 11.3 Å². The molecule has 9 heteroatoms. The van der Waals surface area contributed by atoms with Crippen molar-refractivity contribution in [2.45, 2.75) is 34.6 Å². The SMILES string of the molecule is CCOC(=O)c1c(NC(=O)c2cc(-c3ccc(OCC)cc3)nc3ccccc23)sc(C(=O)N(CC)CC)c1C. The van der Waals surface area contributed by atoms with Crippen molar-refractivity contribution in [1.29, 1.82) is 0 Å². The Morgan fingerprint density at radius 1 is 0.950 bits per heavy atom. The number of nitrogens with zero attached hydrogens (tertiary/aromatic N) is 2. The Morgan fingerprint density at radius 2 is 1.65 bits per heavy atom. The molecule has 4 rings (SSSR count). The van der Waals surface area contributed by atoms with Crippen molar-refractivity contribution in [3.05, 3.63) is 76.2 Å². The van der Waals surface area contributed by atoms with Gasteiger partial charge < -0.3 is 19.7 Å². The van der Waals surface area contributed by atoms with Crippen LogP contribution in [0.25, 0.3) is 22.2 Å². The van der Waals surface area contributed by atoms with Crippen LogP contribution in [0.4, 0.5) is 5.00 Å². The molecule has 8 nitrogen and oxygen atoms in total. The summed E-state index contributed by atoms with van der Waals surface area (Å²) in [5, 5.41) is 3.86. The van der Waals surface area contributed by atoms with E-state index in [1.54, 1.807) is 24.8 Å². The van der Waals surface area contributed by atoms with E-state index in [4.69, 9.17) is 14.5 Å². The Morgan fingerprint density at radius 3 is 2.30 bits per heavy atom. The first-order valence-corrected chi connectivity index (χ1v) is 14.2. The number of aromatic nitrogens is 1. The van der Waals surface area contributed by atoms with Crippen LogP contribution >= 0.6 is 11.3 Å². The summed E-state index contributed by atoms with van der Waals surface area (Å²) in [6.07, 6.45) is 0. The van der Waals surface area contributed by atoms with Crippen LogP contribution in [0.1, 0.15) is 63.6 Å². The minimum Gasteiger partial charge on any atom is -0.494 e. The Bertz CT molecular complexity index is 1540. The van der Waals surface area contributed by atoms with Gasteiger partial charge in [0.2, 0.25) is 0 Å². The van der Waals surface area contributed by atoms with Crippen molar-refractivity contribution in [1.82, 2.24) is 9.88 Å². The number of hydrogen-bond acceptors (Lipinski definition) is 7. The number of anilines is 1. The third kappa shape index (κ3) is 5.84. The zero-order chi connectivity index (χ0) is 28.8. The zero-order valence-corrected chi connectivity index (χ0v) is 24.2. The van der Waals surface area contributed by atoms with Gasteiger partial charge in [0.05, 0.1) is 40.4 Å². The van der Waals surface area contributed by atoms with Gasteiger partial charge in [-0.1, -0.05) is 18.2 Å². The second-order valence-electron chi connectivity index (χ2n) is 8.94. The number of hydrogen-bond donors (Lipinski definition) is 1. The molecule has 0 aliphatic rings. The molecule has 0 aliphatic carbocycles. The fourth-order valence-corrected chi connectivity index (χ4v) is 5.64. The van der Waals surface area contributed by atoms with Crippen LogP contribution in [0, 0.1) is 6.92 Å². The summed E-state index contributed by atoms with van der Waals surface area (Å²) in [6, 6.07) is 16.7. The molecule has 2 aromatic heterocycles. The number of amides is 2. The molecule has 2 amide bonds. The van der Waals surface area contributed by atoms with E-state index in [0.717, 1.165) is 22.6 Å². The molecule has 2 heterocycles. The predicted octanol–water partition coefficient (Wildman–Crippen LogP) is 6.58. The number of carbonyl (C=O) groups is 3. The summed E-state index contributed by atoms with van der Waals surface area (Å²) in [5.74, 6) is -0.440. The fourth-order valence-electron chi connectivity index (χ4n) is 4.48. The van der Waals surface area contributed by atoms with Gasteiger partial charge in [-0.2, -0.15) is 0 Å². The van der Waals surface area contributed by atoms with Gasteiger partial charge in [0.15, 0.2) is 0 Å². The second-order valence-corrected chi connectivity index (χ2v) is 9.96. The van der Waals surface area contributed by atoms with Gasteiger partial charge in [-0.3, -0.25) is 9.59 Å². The lowest BCUT2D eigenvalue weighted by Crippen LogP contribution is -2.30. The van der Waals surface area contributed by atoms with Gasteiger partial charge in [-0.05, 0) is 76.6 Å². The highest BCUT2D eigenvalue weighted by molar-refractivity contribution is 7.18. The summed E-state index contributed by atoms with van der Waals surface area (Å²) < 4.78 is 10.8. The Hall–Kier alpha value is -4.24. The van der Waals surface area contributed by atoms with Gasteiger partial charge in [0.25, 0.3) is 11.8 Å². The molecule has 1 N–H and O–H groups in total. The first-order chi connectivity index (χ1) is 19.3. The molecule has 0 saturated heterocycles. The lowest BCUT2D eigenvalue weighted by atomic mass is 10.0. The number of thiophene rings is 1. The fraction of sp³-hybridized carbons (Fsp3) is 0.290. The molecule has 208 valence electrons. The number of rotatable bonds is 10. The first-order valence-electron chi connectivity index (χ1n) is 13.4. The maximum absolute atomic E-state index is 13.8. The summed E-state index contributed by atoms with van der Waals surface area (Å²) in [7, 11) is 0. The van der Waals surface area contributed by atoms with Crippen molar-refractivity contribution < 1.29 is 23.9 Å². The monoisotopic (exact) mass is 559 g/mol. The first kappa shape index (κ1) is 28.8. The third-order valence-corrected chi connectivity index (χ3v) is 7.72. The number of nitrogens with one attached hydrogen (secondary N) is 1. The maximum Gasteiger partial charge on any atom is 0.341 e. The van der Waals surface area contributed by atoms with E-state index >= 15 is 0 Å². The van der Waals surface area contributed by atoms with Gasteiger partial charge in [-0.25, -0.2) is 9.78 Å². The van der Waals surface area contributed by atoms with Crippen LogP contribution in [0.5, 0.6) is 5.75 Å². The van der Waals surface area contributed by atoms with Crippen molar-refractivity contribution in [2.75, 3.05) is 31.6 Å². The number of ether oxygens (including phenoxy) is 2. The highest BCUT2D eigenvalue weighted by Crippen LogP contribution is 2.36. The van der Waals surface area contributed by atoms with Crippen molar-refractivity contribution in [3.8, 4) is 17.0 Å². The standard InChI is InChI=1S/C31H33N3O5S/c1-6-34(7-2)30(36)27-19(5)26(31(37)39-9-4)29(40-27)33-28(35)23-18-25(32-24-13-11-10-12-22(23)24)20-14-16-21(17-15-20)38-8-3/h10-18H,6-9H2,1-5H3,(H,33,35). The molecule has 2 aromatic carbocycles. The molecular weight excluding hydrogens is 526 g/mol. The average Bonchev–Trinajstić information content (AvgIpc) is 3.29. The van der Waals surface area contributed by atoms with E-state index in [-0.39, 0.29) is 23.1 Å². The second kappa shape index (κ2) is 12.7. The largest absolute Gasteiger partial charge is 0.494 e. The molecule has 0 radical (unpaired) electrons. The number of carbonyl (C=O) groups excluding carboxylic acids is 3. The number of fused-ring (bicyclic) bond motifs is 1. The van der Waals surface area contributed by atoms with E-state index in [1.807, 2.05) is 69.3 Å². The molecule has 0 atom stereocenters. The van der Waals surface area contributed by atoms with E-state index < -0.39 is 11.9 Å². The third-order valence-electron chi connectivity index (χ3n) is 6.52. The Labute approximate surface area is 237 Å². The van der Waals surface area contributed by atoms with E-state index in [0.29, 0.717) is 52.3 Å². The Balaban J connectivity index is 1.78. The summed E-state index contributed by atoms with van der Waals surface area (Å²) >= 11 is 1.09. The smallest absolute Gasteiger partial charge is 0.341 e. The molecule has 0 unspecified atom stereocenters. The number of benzene rings is 2. The van der Waals surface area contributed by atoms with Crippen molar-refractivity contribution >= 4 is 45.0 Å². The van der Waals surface area contributed by atoms with Crippen LogP contribution in [0.2, 0.25) is 0 Å². The van der Waals surface area contributed by atoms with E-state index in [9.17, 15) is 14.4 Å². The van der Waals surface area contributed by atoms with E-state index in [2.05, 4.69) is 5.32 Å². The lowest BCUT2D eigenvalue weighted by molar-refractivity contribution is 0.0527. The number of para-hydroxylation sites is 1. The van der Waals surface area contributed by atoms with Crippen LogP contribution in [0.15, 0.2) is 54.6 Å². The summed E-state index contributed by atoms with van der Waals surface area (Å²) in [4.78, 5) is 46.9. The van der Waals surface area contributed by atoms with Crippen LogP contribution in [-0.4, -0.2) is 54.0 Å². The minimum atomic E-state index is -0.584. The highest BCUT2D eigenvalue weighted by Gasteiger charge is 2.29.